The minimum atomic E-state index is -0.394. The minimum Gasteiger partial charge on any atom is -0.456 e. The highest BCUT2D eigenvalue weighted by molar-refractivity contribution is 5.80. The standard InChI is InChI=1S/C14H15NO3/c1-2-10-15-13(16)11-18-14(17)9-8-12-6-4-3-5-7-12/h1,3-7H,8-11H2,(H,15,16). The summed E-state index contributed by atoms with van der Waals surface area (Å²) in [5, 5.41) is 2.41. The Bertz CT molecular complexity index is 434. The molecule has 94 valence electrons. The monoisotopic (exact) mass is 245 g/mol. The number of nitrogens with one attached hydrogen (secondary N) is 1. The van der Waals surface area contributed by atoms with Gasteiger partial charge in [-0.1, -0.05) is 36.3 Å². The maximum Gasteiger partial charge on any atom is 0.306 e. The van der Waals surface area contributed by atoms with Gasteiger partial charge in [-0.3, -0.25) is 9.59 Å². The Hall–Kier alpha value is -2.28. The number of ether oxygens (including phenoxy) is 1. The molecule has 1 rings (SSSR count). The van der Waals surface area contributed by atoms with Crippen LogP contribution in [0.1, 0.15) is 12.0 Å². The van der Waals surface area contributed by atoms with E-state index in [0.717, 1.165) is 5.56 Å². The molecule has 0 saturated carbocycles. The molecule has 18 heavy (non-hydrogen) atoms. The maximum absolute atomic E-state index is 11.4. The van der Waals surface area contributed by atoms with E-state index >= 15 is 0 Å². The average molecular weight is 245 g/mol. The van der Waals surface area contributed by atoms with Crippen LogP contribution in [0.15, 0.2) is 30.3 Å². The molecule has 1 amide bonds. The van der Waals surface area contributed by atoms with Crippen molar-refractivity contribution in [2.75, 3.05) is 13.2 Å². The maximum atomic E-state index is 11.4. The number of carbonyl (C=O) groups excluding carboxylic acids is 2. The Morgan fingerprint density at radius 3 is 2.67 bits per heavy atom. The van der Waals surface area contributed by atoms with Gasteiger partial charge in [-0.25, -0.2) is 0 Å². The lowest BCUT2D eigenvalue weighted by atomic mass is 10.1. The second kappa shape index (κ2) is 7.91. The predicted octanol–water partition coefficient (Wildman–Crippen LogP) is 0.912. The lowest BCUT2D eigenvalue weighted by Crippen LogP contribution is -2.29. The molecule has 0 fully saturated rings. The highest BCUT2D eigenvalue weighted by atomic mass is 16.5. The lowest BCUT2D eigenvalue weighted by molar-refractivity contribution is -0.148. The zero-order chi connectivity index (χ0) is 13.2. The van der Waals surface area contributed by atoms with E-state index < -0.39 is 5.97 Å². The number of aryl methyl sites for hydroxylation is 1. The molecule has 1 N–H and O–H groups in total. The predicted molar refractivity (Wildman–Crippen MR) is 67.6 cm³/mol. The molecule has 1 aromatic carbocycles. The van der Waals surface area contributed by atoms with Crippen molar-refractivity contribution in [2.45, 2.75) is 12.8 Å². The molecule has 0 aliphatic rings. The molecule has 0 atom stereocenters. The SMILES string of the molecule is C#CCNC(=O)COC(=O)CCc1ccccc1. The van der Waals surface area contributed by atoms with Gasteiger partial charge >= 0.3 is 5.97 Å². The van der Waals surface area contributed by atoms with E-state index in [-0.39, 0.29) is 25.5 Å². The van der Waals surface area contributed by atoms with Gasteiger partial charge in [0, 0.05) is 6.42 Å². The summed E-state index contributed by atoms with van der Waals surface area (Å²) in [7, 11) is 0. The number of esters is 1. The van der Waals surface area contributed by atoms with Gasteiger partial charge < -0.3 is 10.1 Å². The fourth-order valence-corrected chi connectivity index (χ4v) is 1.31. The molecular weight excluding hydrogens is 230 g/mol. The van der Waals surface area contributed by atoms with E-state index in [1.54, 1.807) is 0 Å². The molecule has 0 aromatic heterocycles. The van der Waals surface area contributed by atoms with Gasteiger partial charge in [-0.15, -0.1) is 6.42 Å². The summed E-state index contributed by atoms with van der Waals surface area (Å²) in [5.41, 5.74) is 1.06. The van der Waals surface area contributed by atoms with Crippen molar-refractivity contribution in [1.29, 1.82) is 0 Å². The fraction of sp³-hybridized carbons (Fsp3) is 0.286. The largest absolute Gasteiger partial charge is 0.456 e. The Morgan fingerprint density at radius 2 is 2.00 bits per heavy atom. The first-order valence-electron chi connectivity index (χ1n) is 5.62. The van der Waals surface area contributed by atoms with Gasteiger partial charge in [0.15, 0.2) is 6.61 Å². The van der Waals surface area contributed by atoms with Crippen molar-refractivity contribution in [2.24, 2.45) is 0 Å². The zero-order valence-electron chi connectivity index (χ0n) is 10.0. The van der Waals surface area contributed by atoms with Gasteiger partial charge in [0.05, 0.1) is 6.54 Å². The molecular formula is C14H15NO3. The van der Waals surface area contributed by atoms with Crippen molar-refractivity contribution in [1.82, 2.24) is 5.32 Å². The first-order valence-corrected chi connectivity index (χ1v) is 5.62. The van der Waals surface area contributed by atoms with Crippen molar-refractivity contribution < 1.29 is 14.3 Å². The molecule has 1 aromatic rings. The topological polar surface area (TPSA) is 55.4 Å². The quantitative estimate of drug-likeness (QED) is 0.598. The first kappa shape index (κ1) is 13.8. The molecule has 0 unspecified atom stereocenters. The van der Waals surface area contributed by atoms with Crippen LogP contribution in [0.25, 0.3) is 0 Å². The van der Waals surface area contributed by atoms with E-state index in [2.05, 4.69) is 11.2 Å². The van der Waals surface area contributed by atoms with Crippen LogP contribution < -0.4 is 5.32 Å². The van der Waals surface area contributed by atoms with E-state index in [4.69, 9.17) is 11.2 Å². The number of benzene rings is 1. The van der Waals surface area contributed by atoms with Gasteiger partial charge in [0.2, 0.25) is 0 Å². The Morgan fingerprint density at radius 1 is 1.28 bits per heavy atom. The molecule has 0 aliphatic heterocycles. The summed E-state index contributed by atoms with van der Waals surface area (Å²) >= 11 is 0. The number of carbonyl (C=O) groups is 2. The summed E-state index contributed by atoms with van der Waals surface area (Å²) in [6, 6.07) is 9.61. The van der Waals surface area contributed by atoms with E-state index in [9.17, 15) is 9.59 Å². The molecule has 0 saturated heterocycles. The summed E-state index contributed by atoms with van der Waals surface area (Å²) < 4.78 is 4.80. The highest BCUT2D eigenvalue weighted by Crippen LogP contribution is 2.03. The summed E-state index contributed by atoms with van der Waals surface area (Å²) in [6.07, 6.45) is 5.83. The smallest absolute Gasteiger partial charge is 0.306 e. The van der Waals surface area contributed by atoms with Gasteiger partial charge in [-0.2, -0.15) is 0 Å². The fourth-order valence-electron chi connectivity index (χ4n) is 1.31. The number of hydrogen-bond donors (Lipinski definition) is 1. The normalized spacial score (nSPS) is 9.28. The van der Waals surface area contributed by atoms with Gasteiger partial charge in [-0.05, 0) is 12.0 Å². The van der Waals surface area contributed by atoms with Crippen molar-refractivity contribution in [3.8, 4) is 12.3 Å². The Balaban J connectivity index is 2.18. The number of terminal acetylenes is 1. The van der Waals surface area contributed by atoms with Crippen LogP contribution >= 0.6 is 0 Å². The summed E-state index contributed by atoms with van der Waals surface area (Å²) in [5.74, 6) is 1.48. The van der Waals surface area contributed by atoms with Crippen LogP contribution in [-0.2, 0) is 20.7 Å². The third-order valence-corrected chi connectivity index (χ3v) is 2.21. The van der Waals surface area contributed by atoms with Crippen molar-refractivity contribution in [3.05, 3.63) is 35.9 Å². The third kappa shape index (κ3) is 5.71. The minimum absolute atomic E-state index is 0.139. The highest BCUT2D eigenvalue weighted by Gasteiger charge is 2.06. The summed E-state index contributed by atoms with van der Waals surface area (Å²) in [6.45, 7) is -0.143. The Kier molecular flexibility index (Phi) is 6.05. The lowest BCUT2D eigenvalue weighted by Gasteiger charge is -2.04. The molecule has 4 heteroatoms. The molecule has 0 heterocycles. The molecule has 0 aliphatic carbocycles. The van der Waals surface area contributed by atoms with Crippen LogP contribution in [-0.4, -0.2) is 25.0 Å². The van der Waals surface area contributed by atoms with Crippen molar-refractivity contribution in [3.63, 3.8) is 0 Å². The molecule has 0 radical (unpaired) electrons. The number of hydrogen-bond acceptors (Lipinski definition) is 3. The van der Waals surface area contributed by atoms with Crippen LogP contribution in [0.2, 0.25) is 0 Å². The second-order valence-electron chi connectivity index (χ2n) is 3.63. The van der Waals surface area contributed by atoms with Gasteiger partial charge in [0.1, 0.15) is 0 Å². The Labute approximate surface area is 106 Å². The van der Waals surface area contributed by atoms with Crippen LogP contribution in [0.5, 0.6) is 0 Å². The summed E-state index contributed by atoms with van der Waals surface area (Å²) in [4.78, 5) is 22.4. The molecule has 0 spiro atoms. The average Bonchev–Trinajstić information content (AvgIpc) is 2.41. The van der Waals surface area contributed by atoms with E-state index in [0.29, 0.717) is 6.42 Å². The van der Waals surface area contributed by atoms with Crippen LogP contribution in [0.3, 0.4) is 0 Å². The number of amides is 1. The van der Waals surface area contributed by atoms with Crippen LogP contribution in [0.4, 0.5) is 0 Å². The van der Waals surface area contributed by atoms with E-state index in [1.807, 2.05) is 30.3 Å². The third-order valence-electron chi connectivity index (χ3n) is 2.21. The first-order chi connectivity index (χ1) is 8.72. The second-order valence-corrected chi connectivity index (χ2v) is 3.63. The van der Waals surface area contributed by atoms with Gasteiger partial charge in [0.25, 0.3) is 5.91 Å². The molecule has 0 bridgehead atoms. The van der Waals surface area contributed by atoms with Crippen molar-refractivity contribution >= 4 is 11.9 Å². The van der Waals surface area contributed by atoms with E-state index in [1.165, 1.54) is 0 Å². The van der Waals surface area contributed by atoms with Crippen LogP contribution in [0, 0.1) is 12.3 Å². The molecule has 4 nitrogen and oxygen atoms in total. The zero-order valence-corrected chi connectivity index (χ0v) is 10.0. The number of rotatable bonds is 6.